The molecule has 1 aliphatic heterocycles. The van der Waals surface area contributed by atoms with E-state index in [4.69, 9.17) is 9.15 Å². The van der Waals surface area contributed by atoms with E-state index in [1.54, 1.807) is 13.3 Å². The fourth-order valence-electron chi connectivity index (χ4n) is 3.48. The molecule has 7 nitrogen and oxygen atoms in total. The molecule has 0 atom stereocenters. The summed E-state index contributed by atoms with van der Waals surface area (Å²) in [6, 6.07) is 7.62. The van der Waals surface area contributed by atoms with E-state index in [-0.39, 0.29) is 5.91 Å². The van der Waals surface area contributed by atoms with Crippen molar-refractivity contribution >= 4 is 5.91 Å². The van der Waals surface area contributed by atoms with Gasteiger partial charge in [-0.1, -0.05) is 6.92 Å². The average Bonchev–Trinajstić information content (AvgIpc) is 3.25. The number of benzene rings is 1. The Morgan fingerprint density at radius 1 is 1.17 bits per heavy atom. The molecule has 1 amide bonds. The van der Waals surface area contributed by atoms with Crippen molar-refractivity contribution in [2.24, 2.45) is 0 Å². The monoisotopic (exact) mass is 400 g/mol. The lowest BCUT2D eigenvalue weighted by Crippen LogP contribution is -2.46. The maximum atomic E-state index is 12.1. The summed E-state index contributed by atoms with van der Waals surface area (Å²) in [6.45, 7) is 9.66. The van der Waals surface area contributed by atoms with Crippen molar-refractivity contribution in [3.63, 3.8) is 0 Å². The second-order valence-corrected chi connectivity index (χ2v) is 7.33. The van der Waals surface area contributed by atoms with E-state index in [0.717, 1.165) is 63.5 Å². The van der Waals surface area contributed by atoms with Gasteiger partial charge < -0.3 is 24.3 Å². The fraction of sp³-hybridized carbons (Fsp3) is 0.545. The smallest absolute Gasteiger partial charge is 0.220 e. The van der Waals surface area contributed by atoms with E-state index in [0.29, 0.717) is 24.5 Å². The summed E-state index contributed by atoms with van der Waals surface area (Å²) in [5.74, 6) is 2.13. The first-order chi connectivity index (χ1) is 14.2. The molecule has 1 aromatic carbocycles. The lowest BCUT2D eigenvalue weighted by molar-refractivity contribution is -0.121. The van der Waals surface area contributed by atoms with Crippen molar-refractivity contribution in [2.75, 3.05) is 52.9 Å². The molecule has 2 heterocycles. The Balaban J connectivity index is 1.32. The maximum Gasteiger partial charge on any atom is 0.220 e. The Hall–Kier alpha value is -2.38. The number of likely N-dealkylation sites (N-methyl/N-ethyl adjacent to an activating group) is 1. The topological polar surface area (TPSA) is 70.8 Å². The van der Waals surface area contributed by atoms with E-state index in [9.17, 15) is 4.79 Å². The number of carbonyl (C=O) groups is 1. The third-order valence-electron chi connectivity index (χ3n) is 5.38. The van der Waals surface area contributed by atoms with Crippen LogP contribution < -0.4 is 10.1 Å². The van der Waals surface area contributed by atoms with Gasteiger partial charge in [0.1, 0.15) is 5.75 Å². The zero-order valence-electron chi connectivity index (χ0n) is 17.5. The summed E-state index contributed by atoms with van der Waals surface area (Å²) in [6.07, 6.45) is 3.57. The summed E-state index contributed by atoms with van der Waals surface area (Å²) in [4.78, 5) is 21.3. The zero-order chi connectivity index (χ0) is 20.5. The third kappa shape index (κ3) is 6.58. The normalized spacial score (nSPS) is 15.4. The molecule has 7 heteroatoms. The van der Waals surface area contributed by atoms with Crippen molar-refractivity contribution in [3.8, 4) is 17.1 Å². The summed E-state index contributed by atoms with van der Waals surface area (Å²) in [5, 5.41) is 3.00. The van der Waals surface area contributed by atoms with E-state index in [1.165, 1.54) is 0 Å². The van der Waals surface area contributed by atoms with E-state index >= 15 is 0 Å². The van der Waals surface area contributed by atoms with Crippen LogP contribution in [0.25, 0.3) is 11.3 Å². The number of amides is 1. The van der Waals surface area contributed by atoms with Crippen molar-refractivity contribution in [1.82, 2.24) is 20.1 Å². The number of carbonyl (C=O) groups excluding carboxylic acids is 1. The molecule has 1 saturated heterocycles. The largest absolute Gasteiger partial charge is 0.497 e. The van der Waals surface area contributed by atoms with Crippen molar-refractivity contribution in [3.05, 3.63) is 36.4 Å². The Kier molecular flexibility index (Phi) is 8.07. The number of aromatic nitrogens is 1. The van der Waals surface area contributed by atoms with Crippen LogP contribution in [0, 0.1) is 0 Å². The van der Waals surface area contributed by atoms with Gasteiger partial charge in [-0.25, -0.2) is 4.98 Å². The van der Waals surface area contributed by atoms with Crippen LogP contribution in [0.5, 0.6) is 5.75 Å². The average molecular weight is 401 g/mol. The SMILES string of the molecule is CCN1CCN(CCCNC(=O)CCc2ncc(-c3ccc(OC)cc3)o2)CC1. The summed E-state index contributed by atoms with van der Waals surface area (Å²) >= 11 is 0. The Morgan fingerprint density at radius 2 is 1.90 bits per heavy atom. The fourth-order valence-corrected chi connectivity index (χ4v) is 3.48. The highest BCUT2D eigenvalue weighted by Crippen LogP contribution is 2.23. The van der Waals surface area contributed by atoms with Gasteiger partial charge in [-0.3, -0.25) is 4.79 Å². The lowest BCUT2D eigenvalue weighted by atomic mass is 10.2. The van der Waals surface area contributed by atoms with Crippen LogP contribution in [0.1, 0.15) is 25.7 Å². The minimum absolute atomic E-state index is 0.0463. The van der Waals surface area contributed by atoms with Crippen molar-refractivity contribution in [1.29, 1.82) is 0 Å². The van der Waals surface area contributed by atoms with Gasteiger partial charge in [0, 0.05) is 51.1 Å². The predicted octanol–water partition coefficient (Wildman–Crippen LogP) is 2.43. The standard InChI is InChI=1S/C22H32N4O3/c1-3-25-13-15-26(16-14-25)12-4-11-23-21(27)9-10-22-24-17-20(29-22)18-5-7-19(28-2)8-6-18/h5-8,17H,3-4,9-16H2,1-2H3,(H,23,27). The molecular formula is C22H32N4O3. The Labute approximate surface area is 173 Å². The number of oxazole rings is 1. The number of hydrogen-bond donors (Lipinski definition) is 1. The maximum absolute atomic E-state index is 12.1. The van der Waals surface area contributed by atoms with Gasteiger partial charge in [-0.15, -0.1) is 0 Å². The van der Waals surface area contributed by atoms with Crippen LogP contribution in [0.15, 0.2) is 34.9 Å². The third-order valence-corrected chi connectivity index (χ3v) is 5.38. The zero-order valence-corrected chi connectivity index (χ0v) is 17.5. The molecule has 0 aliphatic carbocycles. The van der Waals surface area contributed by atoms with Crippen LogP contribution in [0.3, 0.4) is 0 Å². The van der Waals surface area contributed by atoms with Crippen LogP contribution >= 0.6 is 0 Å². The second-order valence-electron chi connectivity index (χ2n) is 7.33. The minimum Gasteiger partial charge on any atom is -0.497 e. The Morgan fingerprint density at radius 3 is 2.59 bits per heavy atom. The number of piperazine rings is 1. The molecular weight excluding hydrogens is 368 g/mol. The summed E-state index contributed by atoms with van der Waals surface area (Å²) in [5.41, 5.74) is 0.939. The molecule has 0 radical (unpaired) electrons. The van der Waals surface area contributed by atoms with Crippen LogP contribution in [-0.4, -0.2) is 73.6 Å². The molecule has 29 heavy (non-hydrogen) atoms. The van der Waals surface area contributed by atoms with Gasteiger partial charge >= 0.3 is 0 Å². The van der Waals surface area contributed by atoms with Gasteiger partial charge in [-0.05, 0) is 43.8 Å². The van der Waals surface area contributed by atoms with Gasteiger partial charge in [0.15, 0.2) is 11.7 Å². The molecule has 0 spiro atoms. The van der Waals surface area contributed by atoms with Crippen molar-refractivity contribution in [2.45, 2.75) is 26.2 Å². The molecule has 158 valence electrons. The highest BCUT2D eigenvalue weighted by Gasteiger charge is 2.15. The lowest BCUT2D eigenvalue weighted by Gasteiger charge is -2.33. The second kappa shape index (κ2) is 11.0. The number of nitrogens with one attached hydrogen (secondary N) is 1. The molecule has 1 fully saturated rings. The molecule has 1 aliphatic rings. The number of rotatable bonds is 10. The molecule has 1 aromatic heterocycles. The van der Waals surface area contributed by atoms with Crippen LogP contribution in [-0.2, 0) is 11.2 Å². The van der Waals surface area contributed by atoms with Crippen LogP contribution in [0.4, 0.5) is 0 Å². The molecule has 0 saturated carbocycles. The Bertz CT molecular complexity index is 752. The highest BCUT2D eigenvalue weighted by atomic mass is 16.5. The van der Waals surface area contributed by atoms with Gasteiger partial charge in [0.25, 0.3) is 0 Å². The molecule has 2 aromatic rings. The van der Waals surface area contributed by atoms with E-state index in [2.05, 4.69) is 27.0 Å². The first-order valence-electron chi connectivity index (χ1n) is 10.5. The van der Waals surface area contributed by atoms with Gasteiger partial charge in [0.05, 0.1) is 13.3 Å². The number of methoxy groups -OCH3 is 1. The minimum atomic E-state index is 0.0463. The number of nitrogens with zero attached hydrogens (tertiary/aromatic N) is 3. The summed E-state index contributed by atoms with van der Waals surface area (Å²) < 4.78 is 10.9. The first kappa shape index (κ1) is 21.3. The number of hydrogen-bond acceptors (Lipinski definition) is 6. The number of aryl methyl sites for hydroxylation is 1. The predicted molar refractivity (Wildman–Crippen MR) is 113 cm³/mol. The van der Waals surface area contributed by atoms with Crippen molar-refractivity contribution < 1.29 is 13.9 Å². The van der Waals surface area contributed by atoms with E-state index < -0.39 is 0 Å². The first-order valence-corrected chi connectivity index (χ1v) is 10.5. The quantitative estimate of drug-likeness (QED) is 0.618. The van der Waals surface area contributed by atoms with Gasteiger partial charge in [-0.2, -0.15) is 0 Å². The number of ether oxygens (including phenoxy) is 1. The molecule has 0 unspecified atom stereocenters. The van der Waals surface area contributed by atoms with E-state index in [1.807, 2.05) is 24.3 Å². The van der Waals surface area contributed by atoms with Gasteiger partial charge in [0.2, 0.25) is 5.91 Å². The molecule has 0 bridgehead atoms. The summed E-state index contributed by atoms with van der Waals surface area (Å²) in [7, 11) is 1.64. The molecule has 3 rings (SSSR count). The van der Waals surface area contributed by atoms with Crippen LogP contribution in [0.2, 0.25) is 0 Å². The molecule has 1 N–H and O–H groups in total. The highest BCUT2D eigenvalue weighted by molar-refractivity contribution is 5.76.